The first-order chi connectivity index (χ1) is 36.6. The van der Waals surface area contributed by atoms with Crippen molar-refractivity contribution in [2.24, 2.45) is 0 Å². The lowest BCUT2D eigenvalue weighted by atomic mass is 9.97. The second-order valence-corrected chi connectivity index (χ2v) is 19.3. The molecule has 0 aromatic heterocycles. The minimum absolute atomic E-state index is 0.235. The first-order valence-corrected chi connectivity index (χ1v) is 28.3. The molecule has 2 saturated heterocycles. The van der Waals surface area contributed by atoms with Gasteiger partial charge >= 0.3 is 0 Å². The first kappa shape index (κ1) is 67.5. The molecule has 426 valence electrons. The lowest BCUT2D eigenvalue weighted by Gasteiger charge is -2.46. The Morgan fingerprint density at radius 3 is 1.47 bits per heavy atom. The van der Waals surface area contributed by atoms with E-state index in [4.69, 9.17) is 18.9 Å². The molecular weight excluding hydrogens is 955 g/mol. The standard InChI is InChI=1S/C61H99NO13/c1-3-5-7-9-11-13-15-17-18-19-20-21-22-23-24-25-26-27-28-29-30-31-32-33-35-37-39-41-43-45-53(66)62-49(50(65)44-42-40-38-36-34-16-14-12-10-8-6-4-2)48-72-60-58(71)56(69)59(52(47-64)74-60)75-61-57(70)55(68)54(67)51(46-63)73-61/h5,7,11,13,17-18,20-21,23-24,26-27,29-30,32-34,36,42,44,49-52,54-61,63-65,67-71H,3-4,6,8-10,12,14-16,19,22,25,28,31,35,37-41,43,45-48H2,1-2H3,(H,62,66)/b7-5-,13-11-,18-17-,21-20-,24-23-,27-26-,30-29-,33-32-,36-34+,44-42+. The van der Waals surface area contributed by atoms with Crippen molar-refractivity contribution in [1.29, 1.82) is 0 Å². The van der Waals surface area contributed by atoms with Crippen LogP contribution >= 0.6 is 0 Å². The predicted octanol–water partition coefficient (Wildman–Crippen LogP) is 9.05. The van der Waals surface area contributed by atoms with E-state index in [2.05, 4.69) is 129 Å². The molecule has 2 fully saturated rings. The van der Waals surface area contributed by atoms with Crippen molar-refractivity contribution in [2.75, 3.05) is 19.8 Å². The average molecular weight is 1050 g/mol. The predicted molar refractivity (Wildman–Crippen MR) is 299 cm³/mol. The number of unbranched alkanes of at least 4 members (excludes halogenated alkanes) is 11. The number of allylic oxidation sites excluding steroid dienone is 19. The van der Waals surface area contributed by atoms with Crippen molar-refractivity contribution in [1.82, 2.24) is 5.32 Å². The Balaban J connectivity index is 1.76. The zero-order valence-electron chi connectivity index (χ0n) is 45.5. The van der Waals surface area contributed by atoms with E-state index in [1.54, 1.807) is 6.08 Å². The van der Waals surface area contributed by atoms with Crippen LogP contribution in [0, 0.1) is 0 Å². The minimum Gasteiger partial charge on any atom is -0.394 e. The van der Waals surface area contributed by atoms with Crippen LogP contribution in [-0.4, -0.2) is 140 Å². The molecule has 0 aromatic rings. The maximum atomic E-state index is 13.2. The van der Waals surface area contributed by atoms with Crippen molar-refractivity contribution in [3.8, 4) is 0 Å². The lowest BCUT2D eigenvalue weighted by molar-refractivity contribution is -0.359. The summed E-state index contributed by atoms with van der Waals surface area (Å²) in [6.07, 6.45) is 48.1. The van der Waals surface area contributed by atoms with Gasteiger partial charge < -0.3 is 65.1 Å². The van der Waals surface area contributed by atoms with Crippen LogP contribution < -0.4 is 5.32 Å². The van der Waals surface area contributed by atoms with E-state index in [-0.39, 0.29) is 18.9 Å². The van der Waals surface area contributed by atoms with Crippen LogP contribution in [0.2, 0.25) is 0 Å². The molecule has 12 atom stereocenters. The molecule has 0 spiro atoms. The van der Waals surface area contributed by atoms with E-state index in [0.717, 1.165) is 89.9 Å². The highest BCUT2D eigenvalue weighted by Crippen LogP contribution is 2.30. The topological polar surface area (TPSA) is 228 Å². The zero-order valence-corrected chi connectivity index (χ0v) is 45.5. The van der Waals surface area contributed by atoms with Gasteiger partial charge in [0.15, 0.2) is 12.6 Å². The van der Waals surface area contributed by atoms with Gasteiger partial charge in [0, 0.05) is 6.42 Å². The molecule has 75 heavy (non-hydrogen) atoms. The van der Waals surface area contributed by atoms with Gasteiger partial charge in [-0.25, -0.2) is 0 Å². The van der Waals surface area contributed by atoms with Gasteiger partial charge in [-0.05, 0) is 96.3 Å². The normalized spacial score (nSPS) is 26.0. The number of carbonyl (C=O) groups is 1. The van der Waals surface area contributed by atoms with Crippen molar-refractivity contribution in [2.45, 2.75) is 235 Å². The van der Waals surface area contributed by atoms with Gasteiger partial charge in [0.2, 0.25) is 5.91 Å². The number of aliphatic hydroxyl groups is 8. The van der Waals surface area contributed by atoms with Gasteiger partial charge in [-0.2, -0.15) is 0 Å². The second kappa shape index (κ2) is 45.4. The van der Waals surface area contributed by atoms with Gasteiger partial charge in [-0.3, -0.25) is 4.79 Å². The number of nitrogens with one attached hydrogen (secondary N) is 1. The zero-order chi connectivity index (χ0) is 54.6. The average Bonchev–Trinajstić information content (AvgIpc) is 3.41. The fourth-order valence-corrected chi connectivity index (χ4v) is 8.32. The summed E-state index contributed by atoms with van der Waals surface area (Å²) in [6, 6.07) is -0.953. The van der Waals surface area contributed by atoms with Gasteiger partial charge in [0.25, 0.3) is 0 Å². The van der Waals surface area contributed by atoms with E-state index in [1.807, 2.05) is 6.08 Å². The number of amides is 1. The van der Waals surface area contributed by atoms with E-state index in [1.165, 1.54) is 38.5 Å². The number of ether oxygens (including phenoxy) is 4. The second-order valence-electron chi connectivity index (χ2n) is 19.3. The summed E-state index contributed by atoms with van der Waals surface area (Å²) in [4.78, 5) is 13.2. The van der Waals surface area contributed by atoms with Gasteiger partial charge in [0.05, 0.1) is 32.0 Å². The summed E-state index contributed by atoms with van der Waals surface area (Å²) in [5.41, 5.74) is 0. The van der Waals surface area contributed by atoms with Crippen LogP contribution in [0.1, 0.15) is 162 Å². The number of hydrogen-bond donors (Lipinski definition) is 9. The highest BCUT2D eigenvalue weighted by atomic mass is 16.7. The number of carbonyl (C=O) groups excluding carboxylic acids is 1. The van der Waals surface area contributed by atoms with Crippen LogP contribution in [0.25, 0.3) is 0 Å². The van der Waals surface area contributed by atoms with Crippen molar-refractivity contribution >= 4 is 5.91 Å². The minimum atomic E-state index is -1.80. The Kier molecular flexibility index (Phi) is 40.9. The van der Waals surface area contributed by atoms with Crippen molar-refractivity contribution in [3.05, 3.63) is 122 Å². The van der Waals surface area contributed by atoms with E-state index in [0.29, 0.717) is 12.8 Å². The molecule has 12 unspecified atom stereocenters. The number of aliphatic hydroxyl groups excluding tert-OH is 8. The Hall–Kier alpha value is -3.61. The molecule has 0 saturated carbocycles. The fourth-order valence-electron chi connectivity index (χ4n) is 8.32. The molecule has 0 radical (unpaired) electrons. The summed E-state index contributed by atoms with van der Waals surface area (Å²) in [6.45, 7) is 2.59. The summed E-state index contributed by atoms with van der Waals surface area (Å²) < 4.78 is 22.7. The van der Waals surface area contributed by atoms with Crippen LogP contribution in [0.15, 0.2) is 122 Å². The first-order valence-electron chi connectivity index (χ1n) is 28.3. The highest BCUT2D eigenvalue weighted by Gasteiger charge is 2.51. The molecule has 2 rings (SSSR count). The SMILES string of the molecule is CC/C=C\C/C=C\C/C=C\C/C=C\C/C=C\C/C=C\C/C=C\C/C=C\CCCCCCC(=O)NC(COC1OC(CO)C(OC2OC(CO)C(O)C(O)C2O)C(O)C1O)C(O)/C=C/CC/C=C/CCCCCCCC. The van der Waals surface area contributed by atoms with Crippen LogP contribution in [0.3, 0.4) is 0 Å². The molecule has 14 heteroatoms. The van der Waals surface area contributed by atoms with Crippen LogP contribution in [0.5, 0.6) is 0 Å². The molecule has 1 amide bonds. The maximum absolute atomic E-state index is 13.2. The third-order valence-electron chi connectivity index (χ3n) is 12.9. The van der Waals surface area contributed by atoms with Gasteiger partial charge in [0.1, 0.15) is 48.8 Å². The Morgan fingerprint density at radius 2 is 0.933 bits per heavy atom. The molecule has 2 aliphatic heterocycles. The molecule has 0 aliphatic carbocycles. The third-order valence-corrected chi connectivity index (χ3v) is 12.9. The summed E-state index contributed by atoms with van der Waals surface area (Å²) >= 11 is 0. The summed E-state index contributed by atoms with van der Waals surface area (Å²) in [7, 11) is 0. The monoisotopic (exact) mass is 1050 g/mol. The molecule has 2 aliphatic rings. The Bertz CT molecular complexity index is 1720. The van der Waals surface area contributed by atoms with Crippen molar-refractivity contribution in [3.63, 3.8) is 0 Å². The summed E-state index contributed by atoms with van der Waals surface area (Å²) in [5, 5.41) is 86.8. The molecule has 14 nitrogen and oxygen atoms in total. The van der Waals surface area contributed by atoms with E-state index in [9.17, 15) is 45.6 Å². The molecule has 2 heterocycles. The van der Waals surface area contributed by atoms with Gasteiger partial charge in [-0.15, -0.1) is 0 Å². The maximum Gasteiger partial charge on any atom is 0.220 e. The number of rotatable bonds is 42. The fraction of sp³-hybridized carbons (Fsp3) is 0.656. The smallest absolute Gasteiger partial charge is 0.220 e. The molecular formula is C61H99NO13. The van der Waals surface area contributed by atoms with Crippen LogP contribution in [-0.2, 0) is 23.7 Å². The lowest BCUT2D eigenvalue weighted by Crippen LogP contribution is -2.65. The Labute approximate surface area is 450 Å². The van der Waals surface area contributed by atoms with E-state index >= 15 is 0 Å². The third kappa shape index (κ3) is 31.4. The largest absolute Gasteiger partial charge is 0.394 e. The molecule has 9 N–H and O–H groups in total. The summed E-state index contributed by atoms with van der Waals surface area (Å²) in [5.74, 6) is -0.282. The highest BCUT2D eigenvalue weighted by molar-refractivity contribution is 5.76. The molecule has 0 aromatic carbocycles. The molecule has 0 bridgehead atoms. The van der Waals surface area contributed by atoms with Gasteiger partial charge in [-0.1, -0.05) is 180 Å². The van der Waals surface area contributed by atoms with Crippen molar-refractivity contribution < 1.29 is 64.6 Å². The van der Waals surface area contributed by atoms with E-state index < -0.39 is 86.8 Å². The number of hydrogen-bond acceptors (Lipinski definition) is 13. The van der Waals surface area contributed by atoms with Crippen LogP contribution in [0.4, 0.5) is 0 Å². The quantitative estimate of drug-likeness (QED) is 0.0206. The Morgan fingerprint density at radius 1 is 0.493 bits per heavy atom.